The van der Waals surface area contributed by atoms with Gasteiger partial charge in [0.15, 0.2) is 17.2 Å². The summed E-state index contributed by atoms with van der Waals surface area (Å²) in [7, 11) is 0. The van der Waals surface area contributed by atoms with Gasteiger partial charge < -0.3 is 25.3 Å². The average Bonchev–Trinajstić information content (AvgIpc) is 2.36. The number of rotatable bonds is 1. The number of hydrogen-bond donors (Lipinski definition) is 5. The molecule has 0 aliphatic heterocycles. The highest BCUT2D eigenvalue weighted by molar-refractivity contribution is 5.42. The fourth-order valence-electron chi connectivity index (χ4n) is 1.02. The molecule has 18 heavy (non-hydrogen) atoms. The van der Waals surface area contributed by atoms with Crippen LogP contribution in [-0.4, -0.2) is 25.7 Å². The summed E-state index contributed by atoms with van der Waals surface area (Å²) in [5.74, 6) is -0.142. The van der Waals surface area contributed by atoms with Crippen molar-refractivity contribution in [3.05, 3.63) is 42.5 Å². The molecule has 0 saturated heterocycles. The molecule has 0 heterocycles. The van der Waals surface area contributed by atoms with Gasteiger partial charge in [0.2, 0.25) is 0 Å². The van der Waals surface area contributed by atoms with E-state index in [9.17, 15) is 0 Å². The molecule has 2 aromatic rings. The van der Waals surface area contributed by atoms with Gasteiger partial charge in [-0.3, -0.25) is 0 Å². The van der Waals surface area contributed by atoms with E-state index in [1.807, 2.05) is 0 Å². The van der Waals surface area contributed by atoms with Crippen LogP contribution >= 0.6 is 0 Å². The van der Waals surface area contributed by atoms with E-state index in [-0.39, 0.29) is 23.0 Å². The molecule has 0 radical (unpaired) electrons. The Morgan fingerprint density at radius 1 is 0.667 bits per heavy atom. The van der Waals surface area contributed by atoms with Crippen LogP contribution in [-0.2, 0) is 0 Å². The number of aromatic hydroxyl groups is 4. The summed E-state index contributed by atoms with van der Waals surface area (Å²) < 4.78 is 0. The van der Waals surface area contributed by atoms with Crippen molar-refractivity contribution in [2.24, 2.45) is 0 Å². The molecule has 6 heteroatoms. The van der Waals surface area contributed by atoms with Gasteiger partial charge in [0, 0.05) is 6.07 Å². The Hall–Kier alpha value is -2.60. The van der Waals surface area contributed by atoms with Crippen LogP contribution in [0.3, 0.4) is 0 Å². The smallest absolute Gasteiger partial charge is 0.165 e. The second kappa shape index (κ2) is 6.21. The molecule has 2 aromatic carbocycles. The molecule has 0 saturated carbocycles. The highest BCUT2D eigenvalue weighted by atomic mass is 17.1. The van der Waals surface area contributed by atoms with E-state index in [0.29, 0.717) is 5.75 Å². The molecule has 0 aliphatic rings. The van der Waals surface area contributed by atoms with E-state index >= 15 is 0 Å². The maximum atomic E-state index is 8.72. The van der Waals surface area contributed by atoms with Crippen molar-refractivity contribution in [1.29, 1.82) is 0 Å². The molecule has 0 unspecified atom stereocenters. The number of phenolic OH excluding ortho intramolecular Hbond substituents is 4. The van der Waals surface area contributed by atoms with E-state index in [2.05, 4.69) is 4.89 Å². The third kappa shape index (κ3) is 4.11. The molecule has 6 nitrogen and oxygen atoms in total. The molecule has 5 N–H and O–H groups in total. The topological polar surface area (TPSA) is 110 Å². The maximum Gasteiger partial charge on any atom is 0.165 e. The first-order valence-electron chi connectivity index (χ1n) is 4.84. The largest absolute Gasteiger partial charge is 0.508 e. The highest BCUT2D eigenvalue weighted by Crippen LogP contribution is 2.27. The van der Waals surface area contributed by atoms with Gasteiger partial charge in [0.1, 0.15) is 11.5 Å². The second-order valence-electron chi connectivity index (χ2n) is 3.26. The van der Waals surface area contributed by atoms with Gasteiger partial charge in [-0.2, -0.15) is 0 Å². The van der Waals surface area contributed by atoms with Gasteiger partial charge in [0.05, 0.1) is 0 Å². The minimum absolute atomic E-state index is 0.0645. The van der Waals surface area contributed by atoms with E-state index < -0.39 is 0 Å². The average molecular weight is 252 g/mol. The Balaban J connectivity index is 0.000000180. The molecule has 0 fully saturated rings. The molecule has 0 amide bonds. The monoisotopic (exact) mass is 252 g/mol. The van der Waals surface area contributed by atoms with Crippen molar-refractivity contribution in [2.75, 3.05) is 0 Å². The Morgan fingerprint density at radius 3 is 1.67 bits per heavy atom. The van der Waals surface area contributed by atoms with Gasteiger partial charge in [-0.05, 0) is 36.4 Å². The third-order valence-corrected chi connectivity index (χ3v) is 1.90. The summed E-state index contributed by atoms with van der Waals surface area (Å²) in [4.78, 5) is 3.86. The summed E-state index contributed by atoms with van der Waals surface area (Å²) in [5, 5.41) is 42.8. The lowest BCUT2D eigenvalue weighted by Crippen LogP contribution is -1.80. The summed E-state index contributed by atoms with van der Waals surface area (Å²) in [6, 6.07) is 9.32. The first-order valence-corrected chi connectivity index (χ1v) is 4.84. The van der Waals surface area contributed by atoms with Crippen LogP contribution in [0.5, 0.6) is 28.7 Å². The zero-order chi connectivity index (χ0) is 13.5. The zero-order valence-electron chi connectivity index (χ0n) is 9.19. The van der Waals surface area contributed by atoms with E-state index in [0.717, 1.165) is 6.07 Å². The molecule has 0 aromatic heterocycles. The van der Waals surface area contributed by atoms with Crippen LogP contribution in [0.2, 0.25) is 0 Å². The van der Waals surface area contributed by atoms with Crippen molar-refractivity contribution >= 4 is 0 Å². The van der Waals surface area contributed by atoms with Crippen LogP contribution in [0.25, 0.3) is 0 Å². The van der Waals surface area contributed by atoms with Crippen molar-refractivity contribution in [2.45, 2.75) is 0 Å². The van der Waals surface area contributed by atoms with E-state index in [4.69, 9.17) is 25.7 Å². The highest BCUT2D eigenvalue weighted by Gasteiger charge is 1.96. The van der Waals surface area contributed by atoms with E-state index in [1.165, 1.54) is 36.4 Å². The summed E-state index contributed by atoms with van der Waals surface area (Å²) in [6.07, 6.45) is 0. The SMILES string of the molecule is OOc1ccc(O)cc1.Oc1ccc(O)c(O)c1. The predicted molar refractivity (Wildman–Crippen MR) is 62.8 cm³/mol. The number of phenols is 4. The van der Waals surface area contributed by atoms with Crippen LogP contribution in [0.4, 0.5) is 0 Å². The lowest BCUT2D eigenvalue weighted by Gasteiger charge is -1.95. The van der Waals surface area contributed by atoms with E-state index in [1.54, 1.807) is 0 Å². The summed E-state index contributed by atoms with van der Waals surface area (Å²) in [6.45, 7) is 0. The first-order chi connectivity index (χ1) is 8.52. The fraction of sp³-hybridized carbons (Fsp3) is 0. The number of benzene rings is 2. The Morgan fingerprint density at radius 2 is 1.22 bits per heavy atom. The lowest BCUT2D eigenvalue weighted by atomic mass is 10.3. The van der Waals surface area contributed by atoms with Gasteiger partial charge in [-0.15, -0.1) is 0 Å². The van der Waals surface area contributed by atoms with Crippen LogP contribution < -0.4 is 4.89 Å². The van der Waals surface area contributed by atoms with Gasteiger partial charge >= 0.3 is 0 Å². The van der Waals surface area contributed by atoms with Crippen LogP contribution in [0.1, 0.15) is 0 Å². The van der Waals surface area contributed by atoms with Gasteiger partial charge in [-0.1, -0.05) is 0 Å². The normalized spacial score (nSPS) is 9.17. The summed E-state index contributed by atoms with van der Waals surface area (Å²) >= 11 is 0. The van der Waals surface area contributed by atoms with Crippen LogP contribution in [0, 0.1) is 0 Å². The van der Waals surface area contributed by atoms with Gasteiger partial charge in [-0.25, -0.2) is 5.26 Å². The molecule has 96 valence electrons. The van der Waals surface area contributed by atoms with Crippen molar-refractivity contribution in [3.8, 4) is 28.7 Å². The lowest BCUT2D eigenvalue weighted by molar-refractivity contribution is -0.137. The quantitative estimate of drug-likeness (QED) is 0.230. The second-order valence-corrected chi connectivity index (χ2v) is 3.26. The van der Waals surface area contributed by atoms with Gasteiger partial charge in [0.25, 0.3) is 0 Å². The molecular weight excluding hydrogens is 240 g/mol. The first kappa shape index (κ1) is 13.5. The standard InChI is InChI=1S/2C6H6O3/c7-5-1-3-6(9-8)4-2-5;7-4-1-2-5(8)6(9)3-4/h1-4,7-8H;1-3,7-9H. The Bertz CT molecular complexity index is 494. The molecule has 0 spiro atoms. The van der Waals surface area contributed by atoms with Crippen molar-refractivity contribution < 1.29 is 30.6 Å². The molecule has 0 atom stereocenters. The molecular formula is C12H12O6. The Kier molecular flexibility index (Phi) is 4.65. The maximum absolute atomic E-state index is 8.72. The third-order valence-electron chi connectivity index (χ3n) is 1.90. The number of hydrogen-bond acceptors (Lipinski definition) is 6. The minimum atomic E-state index is -0.310. The minimum Gasteiger partial charge on any atom is -0.508 e. The Labute approximate surface area is 103 Å². The van der Waals surface area contributed by atoms with Crippen molar-refractivity contribution in [3.63, 3.8) is 0 Å². The van der Waals surface area contributed by atoms with Crippen molar-refractivity contribution in [1.82, 2.24) is 0 Å². The molecule has 2 rings (SSSR count). The fourth-order valence-corrected chi connectivity index (χ4v) is 1.02. The summed E-state index contributed by atoms with van der Waals surface area (Å²) in [5.41, 5.74) is 0. The van der Waals surface area contributed by atoms with Crippen LogP contribution in [0.15, 0.2) is 42.5 Å². The molecule has 0 bridgehead atoms. The predicted octanol–water partition coefficient (Wildman–Crippen LogP) is 2.05. The molecule has 0 aliphatic carbocycles. The zero-order valence-corrected chi connectivity index (χ0v) is 9.19.